The van der Waals surface area contributed by atoms with E-state index in [2.05, 4.69) is 6.92 Å². The molecule has 0 radical (unpaired) electrons. The lowest BCUT2D eigenvalue weighted by Gasteiger charge is -2.33. The third kappa shape index (κ3) is 4.78. The van der Waals surface area contributed by atoms with E-state index in [1.807, 2.05) is 0 Å². The van der Waals surface area contributed by atoms with E-state index in [0.717, 1.165) is 25.7 Å². The van der Waals surface area contributed by atoms with Crippen molar-refractivity contribution in [2.24, 2.45) is 5.92 Å². The molecular weight excluding hydrogens is 324 g/mol. The van der Waals surface area contributed by atoms with Crippen LogP contribution in [0.5, 0.6) is 0 Å². The molecule has 0 heterocycles. The highest BCUT2D eigenvalue weighted by Crippen LogP contribution is 2.26. The second kappa shape index (κ2) is 8.09. The van der Waals surface area contributed by atoms with Gasteiger partial charge in [-0.2, -0.15) is 0 Å². The van der Waals surface area contributed by atoms with Crippen LogP contribution in [0.1, 0.15) is 48.5 Å². The van der Waals surface area contributed by atoms with E-state index in [9.17, 15) is 19.7 Å². The van der Waals surface area contributed by atoms with Crippen molar-refractivity contribution in [3.8, 4) is 0 Å². The number of esters is 1. The topological polar surface area (TPSA) is 89.8 Å². The quantitative estimate of drug-likeness (QED) is 0.463. The van der Waals surface area contributed by atoms with Gasteiger partial charge in [-0.25, -0.2) is 4.79 Å². The summed E-state index contributed by atoms with van der Waals surface area (Å²) in [6.07, 6.45) is 4.10. The van der Waals surface area contributed by atoms with Crippen LogP contribution in [0.3, 0.4) is 0 Å². The number of likely N-dealkylation sites (N-methyl/N-ethyl adjacent to an activating group) is 1. The summed E-state index contributed by atoms with van der Waals surface area (Å²) in [4.78, 5) is 36.3. The standard InChI is InChI=1S/C18H24N2O5/c1-12-4-8-15(9-5-12)19(3)17(21)11-25-18(22)14-7-6-13(2)16(10-14)20(23)24/h6-7,10,12,15H,4-5,8-9,11H2,1-3H3. The highest BCUT2D eigenvalue weighted by Gasteiger charge is 2.25. The van der Waals surface area contributed by atoms with E-state index in [1.165, 1.54) is 18.2 Å². The summed E-state index contributed by atoms with van der Waals surface area (Å²) in [5.41, 5.74) is 0.386. The van der Waals surface area contributed by atoms with Crippen LogP contribution >= 0.6 is 0 Å². The number of hydrogen-bond donors (Lipinski definition) is 0. The Balaban J connectivity index is 1.92. The van der Waals surface area contributed by atoms with Gasteiger partial charge in [0.15, 0.2) is 6.61 Å². The molecule has 7 nitrogen and oxygen atoms in total. The van der Waals surface area contributed by atoms with Crippen LogP contribution in [-0.4, -0.2) is 41.4 Å². The molecule has 0 N–H and O–H groups in total. The van der Waals surface area contributed by atoms with E-state index in [4.69, 9.17) is 4.74 Å². The van der Waals surface area contributed by atoms with Gasteiger partial charge in [0.05, 0.1) is 10.5 Å². The molecule has 7 heteroatoms. The number of nitro benzene ring substituents is 1. The van der Waals surface area contributed by atoms with Gasteiger partial charge in [-0.3, -0.25) is 14.9 Å². The Bertz CT molecular complexity index is 665. The highest BCUT2D eigenvalue weighted by molar-refractivity contribution is 5.92. The number of ether oxygens (including phenoxy) is 1. The van der Waals surface area contributed by atoms with Gasteiger partial charge >= 0.3 is 5.97 Å². The smallest absolute Gasteiger partial charge is 0.338 e. The number of carbonyl (C=O) groups excluding carboxylic acids is 2. The number of nitrogens with zero attached hydrogens (tertiary/aromatic N) is 2. The molecule has 2 rings (SSSR count). The number of nitro groups is 1. The molecule has 1 amide bonds. The highest BCUT2D eigenvalue weighted by atomic mass is 16.6. The molecule has 0 unspecified atom stereocenters. The zero-order valence-electron chi connectivity index (χ0n) is 14.9. The Morgan fingerprint density at radius 1 is 1.28 bits per heavy atom. The zero-order chi connectivity index (χ0) is 18.6. The number of rotatable bonds is 5. The molecule has 136 valence electrons. The molecule has 0 saturated heterocycles. The molecule has 0 atom stereocenters. The average molecular weight is 348 g/mol. The van der Waals surface area contributed by atoms with Crippen LogP contribution in [0.25, 0.3) is 0 Å². The summed E-state index contributed by atoms with van der Waals surface area (Å²) in [6, 6.07) is 4.31. The zero-order valence-corrected chi connectivity index (χ0v) is 14.9. The number of amides is 1. The maximum absolute atomic E-state index is 12.2. The molecule has 1 aromatic carbocycles. The van der Waals surface area contributed by atoms with Crippen LogP contribution in [0, 0.1) is 23.0 Å². The van der Waals surface area contributed by atoms with Crippen molar-refractivity contribution in [3.63, 3.8) is 0 Å². The van der Waals surface area contributed by atoms with Crippen LogP contribution < -0.4 is 0 Å². The lowest BCUT2D eigenvalue weighted by Crippen LogP contribution is -2.41. The first-order chi connectivity index (χ1) is 11.8. The maximum Gasteiger partial charge on any atom is 0.338 e. The summed E-state index contributed by atoms with van der Waals surface area (Å²) in [5, 5.41) is 10.9. The molecule has 1 aliphatic rings. The predicted octanol–water partition coefficient (Wildman–Crippen LogP) is 3.10. The Kier molecular flexibility index (Phi) is 6.12. The second-order valence-electron chi connectivity index (χ2n) is 6.75. The lowest BCUT2D eigenvalue weighted by molar-refractivity contribution is -0.385. The first-order valence-electron chi connectivity index (χ1n) is 8.47. The summed E-state index contributed by atoms with van der Waals surface area (Å²) in [6.45, 7) is 3.44. The fraction of sp³-hybridized carbons (Fsp3) is 0.556. The molecule has 0 aromatic heterocycles. The summed E-state index contributed by atoms with van der Waals surface area (Å²) >= 11 is 0. The minimum absolute atomic E-state index is 0.0687. The molecule has 1 aliphatic carbocycles. The van der Waals surface area contributed by atoms with E-state index in [0.29, 0.717) is 11.5 Å². The number of carbonyl (C=O) groups is 2. The lowest BCUT2D eigenvalue weighted by atomic mass is 9.87. The molecule has 1 saturated carbocycles. The third-order valence-electron chi connectivity index (χ3n) is 4.89. The average Bonchev–Trinajstić information content (AvgIpc) is 2.59. The Morgan fingerprint density at radius 2 is 1.92 bits per heavy atom. The van der Waals surface area contributed by atoms with Gasteiger partial charge < -0.3 is 9.64 Å². The Morgan fingerprint density at radius 3 is 2.52 bits per heavy atom. The van der Waals surface area contributed by atoms with Gasteiger partial charge in [-0.05, 0) is 44.6 Å². The SMILES string of the molecule is Cc1ccc(C(=O)OCC(=O)N(C)C2CCC(C)CC2)cc1[N+](=O)[O-]. The minimum Gasteiger partial charge on any atom is -0.452 e. The van der Waals surface area contributed by atoms with Gasteiger partial charge in [0.25, 0.3) is 11.6 Å². The molecule has 25 heavy (non-hydrogen) atoms. The molecule has 1 fully saturated rings. The molecule has 0 aliphatic heterocycles. The van der Waals surface area contributed by atoms with Crippen molar-refractivity contribution in [2.75, 3.05) is 13.7 Å². The molecule has 0 bridgehead atoms. The van der Waals surface area contributed by atoms with E-state index < -0.39 is 10.9 Å². The van der Waals surface area contributed by atoms with Crippen molar-refractivity contribution in [3.05, 3.63) is 39.4 Å². The third-order valence-corrected chi connectivity index (χ3v) is 4.89. The van der Waals surface area contributed by atoms with Crippen LogP contribution in [-0.2, 0) is 9.53 Å². The van der Waals surface area contributed by atoms with Gasteiger partial charge in [-0.15, -0.1) is 0 Å². The molecular formula is C18H24N2O5. The van der Waals surface area contributed by atoms with Crippen molar-refractivity contribution in [1.82, 2.24) is 4.90 Å². The number of hydrogen-bond acceptors (Lipinski definition) is 5. The predicted molar refractivity (Wildman–Crippen MR) is 92.3 cm³/mol. The minimum atomic E-state index is -0.734. The summed E-state index contributed by atoms with van der Waals surface area (Å²) in [5.74, 6) is -0.300. The largest absolute Gasteiger partial charge is 0.452 e. The van der Waals surface area contributed by atoms with Crippen molar-refractivity contribution in [1.29, 1.82) is 0 Å². The molecule has 1 aromatic rings. The van der Waals surface area contributed by atoms with E-state index >= 15 is 0 Å². The first-order valence-corrected chi connectivity index (χ1v) is 8.47. The van der Waals surface area contributed by atoms with Crippen molar-refractivity contribution < 1.29 is 19.2 Å². The number of benzene rings is 1. The Labute approximate surface area is 147 Å². The van der Waals surface area contributed by atoms with Gasteiger partial charge in [-0.1, -0.05) is 13.0 Å². The monoisotopic (exact) mass is 348 g/mol. The molecule has 0 spiro atoms. The van der Waals surface area contributed by atoms with Crippen LogP contribution in [0.15, 0.2) is 18.2 Å². The summed E-state index contributed by atoms with van der Waals surface area (Å²) < 4.78 is 5.04. The van der Waals surface area contributed by atoms with E-state index in [1.54, 1.807) is 18.9 Å². The van der Waals surface area contributed by atoms with Gasteiger partial charge in [0.2, 0.25) is 0 Å². The fourth-order valence-electron chi connectivity index (χ4n) is 3.08. The second-order valence-corrected chi connectivity index (χ2v) is 6.75. The van der Waals surface area contributed by atoms with Crippen molar-refractivity contribution in [2.45, 2.75) is 45.6 Å². The first kappa shape index (κ1) is 18.9. The van der Waals surface area contributed by atoms with E-state index in [-0.39, 0.29) is 29.8 Å². The number of aryl methyl sites for hydroxylation is 1. The summed E-state index contributed by atoms with van der Waals surface area (Å²) in [7, 11) is 1.73. The van der Waals surface area contributed by atoms with Crippen LogP contribution in [0.2, 0.25) is 0 Å². The fourth-order valence-corrected chi connectivity index (χ4v) is 3.08. The van der Waals surface area contributed by atoms with Crippen molar-refractivity contribution >= 4 is 17.6 Å². The van der Waals surface area contributed by atoms with Gasteiger partial charge in [0, 0.05) is 24.7 Å². The van der Waals surface area contributed by atoms with Gasteiger partial charge in [0.1, 0.15) is 0 Å². The Hall–Kier alpha value is -2.44. The normalized spacial score (nSPS) is 20.0. The maximum atomic E-state index is 12.2. The van der Waals surface area contributed by atoms with Crippen LogP contribution in [0.4, 0.5) is 5.69 Å².